The van der Waals surface area contributed by atoms with E-state index in [1.165, 1.54) is 27.8 Å². The fourth-order valence-corrected chi connectivity index (χ4v) is 8.68. The van der Waals surface area contributed by atoms with Crippen LogP contribution in [0.15, 0.2) is 205 Å². The Labute approximate surface area is 324 Å². The number of fused-ring (bicyclic) bond motifs is 6. The summed E-state index contributed by atoms with van der Waals surface area (Å²) in [6.07, 6.45) is 0. The average molecular weight is 716 g/mol. The maximum Gasteiger partial charge on any atom is 0.164 e. The molecule has 2 aromatic heterocycles. The highest BCUT2D eigenvalue weighted by atomic mass is 16.3. The molecule has 0 aliphatic heterocycles. The van der Waals surface area contributed by atoms with Crippen molar-refractivity contribution in [2.75, 3.05) is 0 Å². The van der Waals surface area contributed by atoms with Crippen LogP contribution in [0.5, 0.6) is 0 Å². The highest BCUT2D eigenvalue weighted by molar-refractivity contribution is 6.07. The van der Waals surface area contributed by atoms with Crippen molar-refractivity contribution >= 4 is 21.9 Å². The van der Waals surface area contributed by atoms with Crippen molar-refractivity contribution in [3.05, 3.63) is 222 Å². The van der Waals surface area contributed by atoms with E-state index in [1.54, 1.807) is 0 Å². The molecular formula is C52H33N3O. The van der Waals surface area contributed by atoms with Crippen LogP contribution in [0.25, 0.3) is 78.4 Å². The lowest BCUT2D eigenvalue weighted by Gasteiger charge is -2.34. The van der Waals surface area contributed by atoms with E-state index in [0.717, 1.165) is 55.3 Å². The molecule has 0 saturated heterocycles. The molecule has 4 nitrogen and oxygen atoms in total. The van der Waals surface area contributed by atoms with Gasteiger partial charge in [0.2, 0.25) is 0 Å². The number of hydrogen-bond donors (Lipinski definition) is 0. The Morgan fingerprint density at radius 2 is 0.768 bits per heavy atom. The summed E-state index contributed by atoms with van der Waals surface area (Å²) >= 11 is 0. The highest BCUT2D eigenvalue weighted by Crippen LogP contribution is 2.56. The molecule has 10 aromatic rings. The first-order valence-electron chi connectivity index (χ1n) is 18.9. The Morgan fingerprint density at radius 1 is 0.321 bits per heavy atom. The Kier molecular flexibility index (Phi) is 7.36. The van der Waals surface area contributed by atoms with Gasteiger partial charge < -0.3 is 4.42 Å². The first-order chi connectivity index (χ1) is 27.7. The van der Waals surface area contributed by atoms with Crippen molar-refractivity contribution in [1.82, 2.24) is 15.0 Å². The highest BCUT2D eigenvalue weighted by Gasteiger charge is 2.45. The van der Waals surface area contributed by atoms with Crippen LogP contribution in [-0.4, -0.2) is 15.0 Å². The predicted octanol–water partition coefficient (Wildman–Crippen LogP) is 12.8. The molecule has 1 aliphatic carbocycles. The molecule has 11 rings (SSSR count). The summed E-state index contributed by atoms with van der Waals surface area (Å²) in [4.78, 5) is 15.5. The average Bonchev–Trinajstić information content (AvgIpc) is 3.80. The molecule has 0 atom stereocenters. The van der Waals surface area contributed by atoms with Crippen molar-refractivity contribution in [2.45, 2.75) is 5.41 Å². The van der Waals surface area contributed by atoms with E-state index < -0.39 is 5.41 Å². The number of furan rings is 1. The van der Waals surface area contributed by atoms with Gasteiger partial charge in [0.05, 0.1) is 5.41 Å². The minimum Gasteiger partial charge on any atom is -0.456 e. The van der Waals surface area contributed by atoms with Crippen LogP contribution in [0.2, 0.25) is 0 Å². The second-order valence-corrected chi connectivity index (χ2v) is 14.4. The second-order valence-electron chi connectivity index (χ2n) is 14.4. The van der Waals surface area contributed by atoms with Gasteiger partial charge in [-0.2, -0.15) is 0 Å². The summed E-state index contributed by atoms with van der Waals surface area (Å²) in [5, 5.41) is 2.07. The minimum absolute atomic E-state index is 0.533. The van der Waals surface area contributed by atoms with Gasteiger partial charge in [-0.05, 0) is 80.9 Å². The number of rotatable bonds is 6. The second kappa shape index (κ2) is 12.9. The molecule has 2 heterocycles. The quantitative estimate of drug-likeness (QED) is 0.172. The van der Waals surface area contributed by atoms with E-state index in [9.17, 15) is 0 Å². The van der Waals surface area contributed by atoms with Crippen LogP contribution >= 0.6 is 0 Å². The van der Waals surface area contributed by atoms with Crippen LogP contribution in [-0.2, 0) is 5.41 Å². The van der Waals surface area contributed by atoms with Crippen LogP contribution in [0, 0.1) is 0 Å². The summed E-state index contributed by atoms with van der Waals surface area (Å²) in [5.74, 6) is 1.83. The fraction of sp³-hybridized carbons (Fsp3) is 0.0192. The third-order valence-corrected chi connectivity index (χ3v) is 11.2. The Morgan fingerprint density at radius 3 is 1.39 bits per heavy atom. The van der Waals surface area contributed by atoms with Crippen molar-refractivity contribution < 1.29 is 4.42 Å². The number of nitrogens with zero attached hydrogens (tertiary/aromatic N) is 3. The van der Waals surface area contributed by atoms with Gasteiger partial charge >= 0.3 is 0 Å². The molecule has 0 fully saturated rings. The molecule has 0 N–H and O–H groups in total. The van der Waals surface area contributed by atoms with Crippen LogP contribution in [0.4, 0.5) is 0 Å². The van der Waals surface area contributed by atoms with Crippen LogP contribution < -0.4 is 0 Å². The Hall–Kier alpha value is -7.43. The van der Waals surface area contributed by atoms with Gasteiger partial charge in [-0.3, -0.25) is 0 Å². The van der Waals surface area contributed by atoms with E-state index in [-0.39, 0.29) is 0 Å². The fourth-order valence-electron chi connectivity index (χ4n) is 8.68. The molecule has 0 bridgehead atoms. The molecule has 0 radical (unpaired) electrons. The van der Waals surface area contributed by atoms with Gasteiger partial charge in [-0.25, -0.2) is 15.0 Å². The lowest BCUT2D eigenvalue weighted by atomic mass is 9.67. The summed E-state index contributed by atoms with van der Waals surface area (Å²) in [7, 11) is 0. The van der Waals surface area contributed by atoms with Gasteiger partial charge in [0.15, 0.2) is 17.5 Å². The zero-order valence-corrected chi connectivity index (χ0v) is 30.3. The van der Waals surface area contributed by atoms with E-state index in [0.29, 0.717) is 17.5 Å². The number of aromatic nitrogens is 3. The first kappa shape index (κ1) is 32.0. The first-order valence-corrected chi connectivity index (χ1v) is 18.9. The number of benzene rings is 8. The summed E-state index contributed by atoms with van der Waals surface area (Å²) in [6, 6.07) is 70.4. The Balaban J connectivity index is 1.11. The van der Waals surface area contributed by atoms with Gasteiger partial charge in [-0.15, -0.1) is 0 Å². The molecule has 0 saturated carbocycles. The topological polar surface area (TPSA) is 51.8 Å². The molecule has 4 heteroatoms. The van der Waals surface area contributed by atoms with Crippen molar-refractivity contribution in [3.8, 4) is 56.4 Å². The maximum atomic E-state index is 6.32. The normalized spacial score (nSPS) is 12.8. The van der Waals surface area contributed by atoms with Gasteiger partial charge in [-0.1, -0.05) is 164 Å². The number of hydrogen-bond acceptors (Lipinski definition) is 4. The van der Waals surface area contributed by atoms with E-state index in [1.807, 2.05) is 48.5 Å². The van der Waals surface area contributed by atoms with Crippen LogP contribution in [0.1, 0.15) is 22.3 Å². The van der Waals surface area contributed by atoms with Crippen molar-refractivity contribution in [3.63, 3.8) is 0 Å². The van der Waals surface area contributed by atoms with Gasteiger partial charge in [0.25, 0.3) is 0 Å². The SMILES string of the molecule is c1ccc(-c2ccc3oc4ccc(-c5nc(-c6ccccc6)nc(-c6cccc(C7(c8ccccc8)c8ccccc8-c8ccccc87)c6)n5)cc4c3c2)cc1. The summed E-state index contributed by atoms with van der Waals surface area (Å²) in [6.45, 7) is 0. The van der Waals surface area contributed by atoms with E-state index in [2.05, 4.69) is 152 Å². The molecule has 0 amide bonds. The molecule has 0 spiro atoms. The third kappa shape index (κ3) is 5.04. The van der Waals surface area contributed by atoms with Gasteiger partial charge in [0, 0.05) is 27.5 Å². The van der Waals surface area contributed by atoms with Gasteiger partial charge in [0.1, 0.15) is 11.2 Å². The van der Waals surface area contributed by atoms with E-state index in [4.69, 9.17) is 19.4 Å². The molecule has 56 heavy (non-hydrogen) atoms. The van der Waals surface area contributed by atoms with Crippen LogP contribution in [0.3, 0.4) is 0 Å². The van der Waals surface area contributed by atoms with E-state index >= 15 is 0 Å². The zero-order chi connectivity index (χ0) is 37.1. The van der Waals surface area contributed by atoms with Crippen molar-refractivity contribution in [1.29, 1.82) is 0 Å². The molecule has 0 unspecified atom stereocenters. The largest absolute Gasteiger partial charge is 0.456 e. The Bertz CT molecular complexity index is 3030. The molecule has 1 aliphatic rings. The van der Waals surface area contributed by atoms with Crippen molar-refractivity contribution in [2.24, 2.45) is 0 Å². The predicted molar refractivity (Wildman–Crippen MR) is 226 cm³/mol. The lowest BCUT2D eigenvalue weighted by Crippen LogP contribution is -2.28. The monoisotopic (exact) mass is 715 g/mol. The smallest absolute Gasteiger partial charge is 0.164 e. The molecule has 8 aromatic carbocycles. The zero-order valence-electron chi connectivity index (χ0n) is 30.3. The summed E-state index contributed by atoms with van der Waals surface area (Å²) < 4.78 is 6.32. The molecule has 262 valence electrons. The molecular weight excluding hydrogens is 683 g/mol. The standard InChI is InChI=1S/C52H33N3O/c1-4-15-34(16-5-1)36-27-29-47-43(32-36)44-33-38(28-30-48(44)56-47)51-54-49(35-17-6-2-7-18-35)53-50(55-51)37-19-14-22-40(31-37)52(39-20-8-3-9-21-39)45-25-12-10-23-41(45)42-24-11-13-26-46(42)52/h1-33H. The summed E-state index contributed by atoms with van der Waals surface area (Å²) in [5.41, 5.74) is 13.6. The maximum absolute atomic E-state index is 6.32. The third-order valence-electron chi connectivity index (χ3n) is 11.2. The minimum atomic E-state index is -0.533. The lowest BCUT2D eigenvalue weighted by molar-refractivity contribution is 0.669.